The van der Waals surface area contributed by atoms with Crippen molar-refractivity contribution in [2.24, 2.45) is 11.8 Å². The van der Waals surface area contributed by atoms with Crippen LogP contribution in [0.2, 0.25) is 5.02 Å². The lowest BCUT2D eigenvalue weighted by Gasteiger charge is -2.35. The van der Waals surface area contributed by atoms with Crippen LogP contribution in [0.3, 0.4) is 0 Å². The summed E-state index contributed by atoms with van der Waals surface area (Å²) in [4.78, 5) is 0. The first-order chi connectivity index (χ1) is 10.2. The number of rotatable bonds is 6. The van der Waals surface area contributed by atoms with Gasteiger partial charge in [-0.05, 0) is 49.3 Å². The van der Waals surface area contributed by atoms with Gasteiger partial charge in [-0.15, -0.1) is 0 Å². The highest BCUT2D eigenvalue weighted by atomic mass is 35.5. The highest BCUT2D eigenvalue weighted by molar-refractivity contribution is 6.30. The van der Waals surface area contributed by atoms with E-state index in [1.807, 2.05) is 12.1 Å². The highest BCUT2D eigenvalue weighted by Gasteiger charge is 2.28. The van der Waals surface area contributed by atoms with Gasteiger partial charge in [0.2, 0.25) is 0 Å². The van der Waals surface area contributed by atoms with Gasteiger partial charge in [-0.1, -0.05) is 56.8 Å². The van der Waals surface area contributed by atoms with Crippen LogP contribution in [0.4, 0.5) is 4.39 Å². The van der Waals surface area contributed by atoms with Crippen LogP contribution in [-0.2, 0) is 6.42 Å². The van der Waals surface area contributed by atoms with Gasteiger partial charge in [0, 0.05) is 6.04 Å². The molecule has 0 bridgehead atoms. The standard InChI is InChI=1S/C18H27ClFN/c1-3-13-7-5-8-14(11-13)17(21-4-2)12-15-9-6-10-16(19)18(15)20/h6,9-10,13-14,17,21H,3-5,7-8,11-12H2,1-2H3. The van der Waals surface area contributed by atoms with Gasteiger partial charge >= 0.3 is 0 Å². The number of benzene rings is 1. The van der Waals surface area contributed by atoms with Crippen LogP contribution in [0.15, 0.2) is 18.2 Å². The third-order valence-electron chi connectivity index (χ3n) is 4.91. The van der Waals surface area contributed by atoms with Gasteiger partial charge in [0.1, 0.15) is 5.82 Å². The molecule has 3 heteroatoms. The van der Waals surface area contributed by atoms with Crippen molar-refractivity contribution in [3.63, 3.8) is 0 Å². The van der Waals surface area contributed by atoms with Crippen LogP contribution in [0.1, 0.15) is 51.5 Å². The van der Waals surface area contributed by atoms with Crippen molar-refractivity contribution in [3.8, 4) is 0 Å². The molecular formula is C18H27ClFN. The highest BCUT2D eigenvalue weighted by Crippen LogP contribution is 2.34. The normalized spacial score (nSPS) is 24.0. The molecule has 0 amide bonds. The fourth-order valence-electron chi connectivity index (χ4n) is 3.68. The minimum absolute atomic E-state index is 0.234. The van der Waals surface area contributed by atoms with Crippen LogP contribution < -0.4 is 5.32 Å². The molecule has 0 spiro atoms. The zero-order chi connectivity index (χ0) is 15.2. The third kappa shape index (κ3) is 4.43. The van der Waals surface area contributed by atoms with Crippen molar-refractivity contribution < 1.29 is 4.39 Å². The molecule has 1 aliphatic carbocycles. The molecule has 0 aliphatic heterocycles. The largest absolute Gasteiger partial charge is 0.314 e. The first-order valence-corrected chi connectivity index (χ1v) is 8.69. The Morgan fingerprint density at radius 1 is 1.33 bits per heavy atom. The molecule has 1 fully saturated rings. The van der Waals surface area contributed by atoms with Crippen LogP contribution in [0.25, 0.3) is 0 Å². The molecule has 2 rings (SSSR count). The Labute approximate surface area is 133 Å². The second-order valence-corrected chi connectivity index (χ2v) is 6.69. The minimum atomic E-state index is -0.245. The Morgan fingerprint density at radius 2 is 2.14 bits per heavy atom. The molecule has 1 saturated carbocycles. The van der Waals surface area contributed by atoms with Crippen molar-refractivity contribution in [3.05, 3.63) is 34.6 Å². The minimum Gasteiger partial charge on any atom is -0.314 e. The van der Waals surface area contributed by atoms with E-state index in [2.05, 4.69) is 19.2 Å². The van der Waals surface area contributed by atoms with Crippen molar-refractivity contribution in [1.82, 2.24) is 5.32 Å². The molecule has 1 aromatic carbocycles. The number of likely N-dealkylation sites (N-methyl/N-ethyl adjacent to an activating group) is 1. The van der Waals surface area contributed by atoms with E-state index in [4.69, 9.17) is 11.6 Å². The predicted octanol–water partition coefficient (Wildman–Crippen LogP) is 5.22. The lowest BCUT2D eigenvalue weighted by atomic mass is 9.75. The summed E-state index contributed by atoms with van der Waals surface area (Å²) in [5.41, 5.74) is 0.743. The molecule has 21 heavy (non-hydrogen) atoms. The summed E-state index contributed by atoms with van der Waals surface area (Å²) in [6.45, 7) is 5.34. The van der Waals surface area contributed by atoms with Gasteiger partial charge in [-0.2, -0.15) is 0 Å². The molecule has 0 heterocycles. The maximum absolute atomic E-state index is 14.2. The second kappa shape index (κ2) is 8.14. The lowest BCUT2D eigenvalue weighted by molar-refractivity contribution is 0.208. The Hall–Kier alpha value is -0.600. The monoisotopic (exact) mass is 311 g/mol. The van der Waals surface area contributed by atoms with Gasteiger partial charge in [-0.3, -0.25) is 0 Å². The maximum Gasteiger partial charge on any atom is 0.145 e. The number of hydrogen-bond donors (Lipinski definition) is 1. The van der Waals surface area contributed by atoms with E-state index in [0.29, 0.717) is 12.0 Å². The van der Waals surface area contributed by atoms with E-state index >= 15 is 0 Å². The van der Waals surface area contributed by atoms with E-state index in [0.717, 1.165) is 24.4 Å². The molecule has 0 saturated heterocycles. The number of hydrogen-bond acceptors (Lipinski definition) is 1. The predicted molar refractivity (Wildman–Crippen MR) is 88.3 cm³/mol. The Balaban J connectivity index is 2.09. The summed E-state index contributed by atoms with van der Waals surface area (Å²) < 4.78 is 14.2. The summed E-state index contributed by atoms with van der Waals surface area (Å²) in [7, 11) is 0. The van der Waals surface area contributed by atoms with E-state index in [1.165, 1.54) is 32.1 Å². The first-order valence-electron chi connectivity index (χ1n) is 8.31. The van der Waals surface area contributed by atoms with E-state index < -0.39 is 0 Å². The molecule has 118 valence electrons. The summed E-state index contributed by atoms with van der Waals surface area (Å²) in [6, 6.07) is 5.69. The van der Waals surface area contributed by atoms with Crippen LogP contribution in [-0.4, -0.2) is 12.6 Å². The summed E-state index contributed by atoms with van der Waals surface area (Å²) in [5.74, 6) is 1.25. The average molecular weight is 312 g/mol. The van der Waals surface area contributed by atoms with Crippen LogP contribution >= 0.6 is 11.6 Å². The molecule has 3 atom stereocenters. The Morgan fingerprint density at radius 3 is 2.86 bits per heavy atom. The van der Waals surface area contributed by atoms with Gasteiger partial charge in [-0.25, -0.2) is 4.39 Å². The van der Waals surface area contributed by atoms with Gasteiger partial charge < -0.3 is 5.32 Å². The zero-order valence-corrected chi connectivity index (χ0v) is 13.9. The van der Waals surface area contributed by atoms with E-state index in [9.17, 15) is 4.39 Å². The number of nitrogens with one attached hydrogen (secondary N) is 1. The Bertz CT molecular complexity index is 449. The smallest absolute Gasteiger partial charge is 0.145 e. The fourth-order valence-corrected chi connectivity index (χ4v) is 3.87. The summed E-state index contributed by atoms with van der Waals surface area (Å²) in [5, 5.41) is 3.82. The van der Waals surface area contributed by atoms with Crippen molar-refractivity contribution >= 4 is 11.6 Å². The van der Waals surface area contributed by atoms with Crippen molar-refractivity contribution in [2.75, 3.05) is 6.54 Å². The molecule has 1 N–H and O–H groups in total. The van der Waals surface area contributed by atoms with Crippen LogP contribution in [0, 0.1) is 17.7 Å². The summed E-state index contributed by atoms with van der Waals surface area (Å²) >= 11 is 5.91. The van der Waals surface area contributed by atoms with Crippen LogP contribution in [0.5, 0.6) is 0 Å². The molecular weight excluding hydrogens is 285 g/mol. The second-order valence-electron chi connectivity index (χ2n) is 6.28. The lowest BCUT2D eigenvalue weighted by Crippen LogP contribution is -2.40. The maximum atomic E-state index is 14.2. The van der Waals surface area contributed by atoms with Gasteiger partial charge in [0.05, 0.1) is 5.02 Å². The fraction of sp³-hybridized carbons (Fsp3) is 0.667. The van der Waals surface area contributed by atoms with Crippen molar-refractivity contribution in [2.45, 2.75) is 58.4 Å². The molecule has 0 radical (unpaired) electrons. The van der Waals surface area contributed by atoms with Crippen molar-refractivity contribution in [1.29, 1.82) is 0 Å². The molecule has 1 nitrogen and oxygen atoms in total. The quantitative estimate of drug-likeness (QED) is 0.760. The van der Waals surface area contributed by atoms with E-state index in [-0.39, 0.29) is 10.8 Å². The first kappa shape index (κ1) is 16.8. The van der Waals surface area contributed by atoms with Gasteiger partial charge in [0.15, 0.2) is 0 Å². The molecule has 1 aromatic rings. The Kier molecular flexibility index (Phi) is 6.50. The topological polar surface area (TPSA) is 12.0 Å². The average Bonchev–Trinajstić information content (AvgIpc) is 2.51. The van der Waals surface area contributed by atoms with E-state index in [1.54, 1.807) is 6.07 Å². The SMILES string of the molecule is CCNC(Cc1cccc(Cl)c1F)C1CCCC(CC)C1. The molecule has 1 aliphatic rings. The third-order valence-corrected chi connectivity index (χ3v) is 5.20. The van der Waals surface area contributed by atoms with Gasteiger partial charge in [0.25, 0.3) is 0 Å². The molecule has 3 unspecified atom stereocenters. The zero-order valence-electron chi connectivity index (χ0n) is 13.2. The molecule has 0 aromatic heterocycles. The number of halogens is 2. The summed E-state index contributed by atoms with van der Waals surface area (Å²) in [6.07, 6.45) is 7.20.